The smallest absolute Gasteiger partial charge is 0.311 e. The molecule has 0 bridgehead atoms. The van der Waals surface area contributed by atoms with Gasteiger partial charge in [-0.3, -0.25) is 9.59 Å². The number of amides is 1. The van der Waals surface area contributed by atoms with E-state index in [2.05, 4.69) is 10.5 Å². The third kappa shape index (κ3) is 4.18. The zero-order valence-corrected chi connectivity index (χ0v) is 12.8. The molecule has 0 saturated carbocycles. The van der Waals surface area contributed by atoms with Crippen molar-refractivity contribution in [3.63, 3.8) is 0 Å². The van der Waals surface area contributed by atoms with Gasteiger partial charge in [-0.15, -0.1) is 0 Å². The van der Waals surface area contributed by atoms with Gasteiger partial charge in [0.05, 0.1) is 6.42 Å². The summed E-state index contributed by atoms with van der Waals surface area (Å²) in [4.78, 5) is 23.8. The maximum Gasteiger partial charge on any atom is 0.311 e. The van der Waals surface area contributed by atoms with Gasteiger partial charge < -0.3 is 14.6 Å². The van der Waals surface area contributed by atoms with Gasteiger partial charge in [0.1, 0.15) is 5.76 Å². The predicted octanol–water partition coefficient (Wildman–Crippen LogP) is 2.40. The van der Waals surface area contributed by atoms with Gasteiger partial charge in [-0.2, -0.15) is 0 Å². The molecule has 0 radical (unpaired) electrons. The number of hydrogen-bond donors (Lipinski definition) is 1. The molecule has 6 heteroatoms. The summed E-state index contributed by atoms with van der Waals surface area (Å²) in [7, 11) is 0. The minimum atomic E-state index is -0.909. The van der Waals surface area contributed by atoms with Crippen LogP contribution in [0.1, 0.15) is 23.8 Å². The van der Waals surface area contributed by atoms with E-state index in [0.29, 0.717) is 11.6 Å². The highest BCUT2D eigenvalue weighted by Gasteiger charge is 2.19. The molecule has 1 N–H and O–H groups in total. The van der Waals surface area contributed by atoms with Crippen molar-refractivity contribution in [2.75, 3.05) is 5.32 Å². The first kappa shape index (κ1) is 15.8. The highest BCUT2D eigenvalue weighted by molar-refractivity contribution is 5.94. The van der Waals surface area contributed by atoms with Crippen LogP contribution in [-0.4, -0.2) is 23.1 Å². The third-order valence-electron chi connectivity index (χ3n) is 3.15. The van der Waals surface area contributed by atoms with E-state index in [4.69, 9.17) is 9.26 Å². The summed E-state index contributed by atoms with van der Waals surface area (Å²) in [6.45, 7) is 5.15. The van der Waals surface area contributed by atoms with E-state index in [1.807, 2.05) is 31.2 Å². The minimum absolute atomic E-state index is 0.132. The van der Waals surface area contributed by atoms with Crippen LogP contribution in [0, 0.1) is 13.8 Å². The summed E-state index contributed by atoms with van der Waals surface area (Å²) < 4.78 is 9.99. The van der Waals surface area contributed by atoms with Crippen LogP contribution in [0.2, 0.25) is 0 Å². The number of nitrogens with zero attached hydrogens (tertiary/aromatic N) is 1. The number of esters is 1. The number of carbonyl (C=O) groups is 2. The highest BCUT2D eigenvalue weighted by Crippen LogP contribution is 2.11. The van der Waals surface area contributed by atoms with Crippen molar-refractivity contribution >= 4 is 17.7 Å². The summed E-state index contributed by atoms with van der Waals surface area (Å²) in [6, 6.07) is 9.13. The van der Waals surface area contributed by atoms with E-state index >= 15 is 0 Å². The maximum atomic E-state index is 11.9. The van der Waals surface area contributed by atoms with Crippen LogP contribution in [0.4, 0.5) is 5.82 Å². The summed E-state index contributed by atoms with van der Waals surface area (Å²) in [5.74, 6) is -0.0245. The molecular weight excluding hydrogens is 284 g/mol. The Morgan fingerprint density at radius 2 is 2.05 bits per heavy atom. The Kier molecular flexibility index (Phi) is 4.93. The van der Waals surface area contributed by atoms with Crippen molar-refractivity contribution in [3.8, 4) is 0 Å². The number of anilines is 1. The molecule has 1 aromatic carbocycles. The topological polar surface area (TPSA) is 81.4 Å². The Hall–Kier alpha value is -2.63. The molecule has 1 heterocycles. The Morgan fingerprint density at radius 3 is 2.68 bits per heavy atom. The van der Waals surface area contributed by atoms with Crippen molar-refractivity contribution in [3.05, 3.63) is 47.2 Å². The molecule has 1 atom stereocenters. The van der Waals surface area contributed by atoms with E-state index < -0.39 is 18.0 Å². The molecule has 116 valence electrons. The fourth-order valence-electron chi connectivity index (χ4n) is 1.91. The van der Waals surface area contributed by atoms with Gasteiger partial charge in [0.25, 0.3) is 5.91 Å². The lowest BCUT2D eigenvalue weighted by atomic mass is 10.1. The molecule has 0 spiro atoms. The first-order valence-corrected chi connectivity index (χ1v) is 6.94. The lowest BCUT2D eigenvalue weighted by Crippen LogP contribution is -2.30. The highest BCUT2D eigenvalue weighted by atomic mass is 16.5. The Bertz CT molecular complexity index is 678. The van der Waals surface area contributed by atoms with Crippen LogP contribution in [0.5, 0.6) is 0 Å². The van der Waals surface area contributed by atoms with Crippen LogP contribution < -0.4 is 5.32 Å². The Morgan fingerprint density at radius 1 is 1.32 bits per heavy atom. The van der Waals surface area contributed by atoms with Gasteiger partial charge >= 0.3 is 5.97 Å². The van der Waals surface area contributed by atoms with E-state index in [1.165, 1.54) is 6.92 Å². The third-order valence-corrected chi connectivity index (χ3v) is 3.15. The summed E-state index contributed by atoms with van der Waals surface area (Å²) in [6.07, 6.45) is -0.776. The summed E-state index contributed by atoms with van der Waals surface area (Å²) in [5.41, 5.74) is 1.89. The normalized spacial score (nSPS) is 11.8. The summed E-state index contributed by atoms with van der Waals surface area (Å²) in [5, 5.41) is 6.17. The lowest BCUT2D eigenvalue weighted by molar-refractivity contribution is -0.152. The SMILES string of the molecule is Cc1cc(NC(=O)C(C)OC(=O)Cc2ccccc2C)no1. The fraction of sp³-hybridized carbons (Fsp3) is 0.312. The predicted molar refractivity (Wildman–Crippen MR) is 80.3 cm³/mol. The van der Waals surface area contributed by atoms with Crippen LogP contribution in [0.15, 0.2) is 34.9 Å². The molecule has 2 aromatic rings. The molecule has 1 amide bonds. The number of rotatable bonds is 5. The number of nitrogens with one attached hydrogen (secondary N) is 1. The number of hydrogen-bond acceptors (Lipinski definition) is 5. The average molecular weight is 302 g/mol. The quantitative estimate of drug-likeness (QED) is 0.858. The second-order valence-corrected chi connectivity index (χ2v) is 5.05. The van der Waals surface area contributed by atoms with Crippen LogP contribution >= 0.6 is 0 Å². The van der Waals surface area contributed by atoms with E-state index in [0.717, 1.165) is 11.1 Å². The van der Waals surface area contributed by atoms with E-state index in [1.54, 1.807) is 13.0 Å². The van der Waals surface area contributed by atoms with Gasteiger partial charge in [0, 0.05) is 6.07 Å². The van der Waals surface area contributed by atoms with Crippen LogP contribution in [0.25, 0.3) is 0 Å². The van der Waals surface area contributed by atoms with E-state index in [9.17, 15) is 9.59 Å². The molecular formula is C16H18N2O4. The first-order chi connectivity index (χ1) is 10.5. The Balaban J connectivity index is 1.88. The average Bonchev–Trinajstić information content (AvgIpc) is 2.86. The molecule has 22 heavy (non-hydrogen) atoms. The van der Waals surface area contributed by atoms with Crippen molar-refractivity contribution in [2.24, 2.45) is 0 Å². The lowest BCUT2D eigenvalue weighted by Gasteiger charge is -2.12. The molecule has 0 aliphatic rings. The molecule has 1 unspecified atom stereocenters. The van der Waals surface area contributed by atoms with Crippen molar-refractivity contribution in [2.45, 2.75) is 33.3 Å². The van der Waals surface area contributed by atoms with E-state index in [-0.39, 0.29) is 6.42 Å². The minimum Gasteiger partial charge on any atom is -0.452 e. The zero-order chi connectivity index (χ0) is 16.1. The molecule has 2 rings (SSSR count). The monoisotopic (exact) mass is 302 g/mol. The van der Waals surface area contributed by atoms with Crippen molar-refractivity contribution < 1.29 is 18.8 Å². The molecule has 6 nitrogen and oxygen atoms in total. The zero-order valence-electron chi connectivity index (χ0n) is 12.8. The van der Waals surface area contributed by atoms with Crippen LogP contribution in [-0.2, 0) is 20.7 Å². The molecule has 0 saturated heterocycles. The van der Waals surface area contributed by atoms with Crippen LogP contribution in [0.3, 0.4) is 0 Å². The van der Waals surface area contributed by atoms with Gasteiger partial charge in [0.15, 0.2) is 11.9 Å². The van der Waals surface area contributed by atoms with Gasteiger partial charge in [-0.25, -0.2) is 0 Å². The molecule has 0 fully saturated rings. The Labute approximate surface area is 128 Å². The number of aryl methyl sites for hydroxylation is 2. The van der Waals surface area contributed by atoms with Gasteiger partial charge in [0.2, 0.25) is 0 Å². The number of benzene rings is 1. The fourth-order valence-corrected chi connectivity index (χ4v) is 1.91. The number of carbonyl (C=O) groups excluding carboxylic acids is 2. The van der Waals surface area contributed by atoms with Crippen molar-refractivity contribution in [1.82, 2.24) is 5.16 Å². The first-order valence-electron chi connectivity index (χ1n) is 6.94. The van der Waals surface area contributed by atoms with Gasteiger partial charge in [-0.1, -0.05) is 29.4 Å². The standard InChI is InChI=1S/C16H18N2O4/c1-10-6-4-5-7-13(10)9-15(19)21-12(3)16(20)17-14-8-11(2)22-18-14/h4-8,12H,9H2,1-3H3,(H,17,18,20). The summed E-state index contributed by atoms with van der Waals surface area (Å²) >= 11 is 0. The molecule has 0 aliphatic carbocycles. The number of aromatic nitrogens is 1. The molecule has 1 aromatic heterocycles. The van der Waals surface area contributed by atoms with Crippen molar-refractivity contribution in [1.29, 1.82) is 0 Å². The van der Waals surface area contributed by atoms with Gasteiger partial charge in [-0.05, 0) is 31.9 Å². The second kappa shape index (κ2) is 6.89. The largest absolute Gasteiger partial charge is 0.452 e. The molecule has 0 aliphatic heterocycles. The maximum absolute atomic E-state index is 11.9. The number of ether oxygens (including phenoxy) is 1. The second-order valence-electron chi connectivity index (χ2n) is 5.05.